The maximum absolute atomic E-state index is 13.5. The SMILES string of the molecule is CC(OC(=O)/C=C/c1ccccc1F)C(=O)NCCc1ccc(S(N)(=O)=O)cc1. The van der Waals surface area contributed by atoms with Gasteiger partial charge in [-0.3, -0.25) is 4.79 Å². The Kier molecular flexibility index (Phi) is 7.63. The molecule has 0 bridgehead atoms. The van der Waals surface area contributed by atoms with Crippen LogP contribution in [0.2, 0.25) is 0 Å². The Morgan fingerprint density at radius 1 is 1.17 bits per heavy atom. The number of halogens is 1. The summed E-state index contributed by atoms with van der Waals surface area (Å²) in [6.07, 6.45) is 1.74. The molecule has 0 aromatic heterocycles. The van der Waals surface area contributed by atoms with Crippen LogP contribution in [0.3, 0.4) is 0 Å². The zero-order chi connectivity index (χ0) is 21.4. The third-order valence-corrected chi connectivity index (χ3v) is 4.86. The van der Waals surface area contributed by atoms with Crippen LogP contribution in [0.4, 0.5) is 4.39 Å². The van der Waals surface area contributed by atoms with Crippen molar-refractivity contribution >= 4 is 28.0 Å². The number of primary sulfonamides is 1. The van der Waals surface area contributed by atoms with Gasteiger partial charge in [0, 0.05) is 18.2 Å². The highest BCUT2D eigenvalue weighted by Gasteiger charge is 2.16. The van der Waals surface area contributed by atoms with Gasteiger partial charge in [0.1, 0.15) is 5.82 Å². The van der Waals surface area contributed by atoms with E-state index in [9.17, 15) is 22.4 Å². The van der Waals surface area contributed by atoms with Crippen molar-refractivity contribution in [3.63, 3.8) is 0 Å². The smallest absolute Gasteiger partial charge is 0.331 e. The van der Waals surface area contributed by atoms with E-state index in [1.165, 1.54) is 43.3 Å². The first kappa shape index (κ1) is 22.3. The number of ether oxygens (including phenoxy) is 1. The fraction of sp³-hybridized carbons (Fsp3) is 0.200. The molecular formula is C20H21FN2O5S. The van der Waals surface area contributed by atoms with Crippen molar-refractivity contribution in [2.75, 3.05) is 6.54 Å². The molecule has 1 atom stereocenters. The topological polar surface area (TPSA) is 116 Å². The van der Waals surface area contributed by atoms with E-state index in [0.717, 1.165) is 11.6 Å². The van der Waals surface area contributed by atoms with Crippen molar-refractivity contribution in [1.29, 1.82) is 0 Å². The summed E-state index contributed by atoms with van der Waals surface area (Å²) < 4.78 is 40.9. The molecule has 0 aliphatic rings. The van der Waals surface area contributed by atoms with Crippen LogP contribution in [0.15, 0.2) is 59.5 Å². The first-order valence-corrected chi connectivity index (χ1v) is 10.2. The highest BCUT2D eigenvalue weighted by Crippen LogP contribution is 2.10. The molecule has 2 aromatic rings. The molecule has 154 valence electrons. The average molecular weight is 420 g/mol. The van der Waals surface area contributed by atoms with Crippen molar-refractivity contribution in [3.8, 4) is 0 Å². The second kappa shape index (κ2) is 9.94. The van der Waals surface area contributed by atoms with Gasteiger partial charge in [-0.15, -0.1) is 0 Å². The number of esters is 1. The number of hydrogen-bond donors (Lipinski definition) is 2. The lowest BCUT2D eigenvalue weighted by molar-refractivity contribution is -0.150. The molecule has 29 heavy (non-hydrogen) atoms. The van der Waals surface area contributed by atoms with Crippen LogP contribution in [0, 0.1) is 5.82 Å². The van der Waals surface area contributed by atoms with Crippen LogP contribution in [-0.2, 0) is 30.8 Å². The van der Waals surface area contributed by atoms with Gasteiger partial charge >= 0.3 is 5.97 Å². The summed E-state index contributed by atoms with van der Waals surface area (Å²) >= 11 is 0. The van der Waals surface area contributed by atoms with Crippen molar-refractivity contribution in [2.45, 2.75) is 24.3 Å². The molecule has 3 N–H and O–H groups in total. The number of nitrogens with one attached hydrogen (secondary N) is 1. The number of carbonyl (C=O) groups excluding carboxylic acids is 2. The number of benzene rings is 2. The Balaban J connectivity index is 1.78. The van der Waals surface area contributed by atoms with Crippen LogP contribution in [0.1, 0.15) is 18.1 Å². The minimum absolute atomic E-state index is 0.00857. The van der Waals surface area contributed by atoms with Gasteiger partial charge in [0.2, 0.25) is 10.0 Å². The summed E-state index contributed by atoms with van der Waals surface area (Å²) in [6.45, 7) is 1.69. The number of sulfonamides is 1. The van der Waals surface area contributed by atoms with E-state index < -0.39 is 33.8 Å². The van der Waals surface area contributed by atoms with Gasteiger partial charge in [0.15, 0.2) is 6.10 Å². The summed E-state index contributed by atoms with van der Waals surface area (Å²) in [7, 11) is -3.75. The Labute approximate surface area is 168 Å². The Morgan fingerprint density at radius 3 is 2.45 bits per heavy atom. The van der Waals surface area contributed by atoms with Crippen molar-refractivity contribution in [2.24, 2.45) is 5.14 Å². The Bertz CT molecular complexity index is 1000. The van der Waals surface area contributed by atoms with Crippen LogP contribution in [0.25, 0.3) is 6.08 Å². The van der Waals surface area contributed by atoms with Gasteiger partial charge in [0.05, 0.1) is 4.90 Å². The lowest BCUT2D eigenvalue weighted by atomic mass is 10.1. The van der Waals surface area contributed by atoms with Crippen LogP contribution < -0.4 is 10.5 Å². The summed E-state index contributed by atoms with van der Waals surface area (Å²) in [4.78, 5) is 23.8. The van der Waals surface area contributed by atoms with Gasteiger partial charge in [-0.05, 0) is 43.2 Å². The van der Waals surface area contributed by atoms with Gasteiger partial charge in [-0.2, -0.15) is 0 Å². The molecule has 0 saturated carbocycles. The number of hydrogen-bond acceptors (Lipinski definition) is 5. The van der Waals surface area contributed by atoms with Gasteiger partial charge in [-0.25, -0.2) is 22.7 Å². The molecule has 2 aromatic carbocycles. The van der Waals surface area contributed by atoms with E-state index >= 15 is 0 Å². The fourth-order valence-electron chi connectivity index (χ4n) is 2.35. The first-order valence-electron chi connectivity index (χ1n) is 8.69. The fourth-order valence-corrected chi connectivity index (χ4v) is 2.87. The van der Waals surface area contributed by atoms with Gasteiger partial charge in [0.25, 0.3) is 5.91 Å². The monoisotopic (exact) mass is 420 g/mol. The third-order valence-electron chi connectivity index (χ3n) is 3.93. The van der Waals surface area contributed by atoms with Gasteiger partial charge < -0.3 is 10.1 Å². The van der Waals surface area contributed by atoms with E-state index in [1.54, 1.807) is 18.2 Å². The second-order valence-electron chi connectivity index (χ2n) is 6.16. The molecule has 0 aliphatic carbocycles. The molecule has 0 fully saturated rings. The molecule has 1 unspecified atom stereocenters. The van der Waals surface area contributed by atoms with Crippen LogP contribution in [0.5, 0.6) is 0 Å². The van der Waals surface area contributed by atoms with E-state index in [2.05, 4.69) is 5.32 Å². The molecule has 7 nitrogen and oxygen atoms in total. The standard InChI is InChI=1S/C20H21FN2O5S/c1-14(28-19(24)11-8-16-4-2-3-5-18(16)21)20(25)23-13-12-15-6-9-17(10-7-15)29(22,26)27/h2-11,14H,12-13H2,1H3,(H,23,25)(H2,22,26,27)/b11-8+. The molecule has 0 radical (unpaired) electrons. The molecule has 0 aliphatic heterocycles. The maximum atomic E-state index is 13.5. The summed E-state index contributed by atoms with van der Waals surface area (Å²) in [5.74, 6) is -1.73. The number of nitrogens with two attached hydrogens (primary N) is 1. The predicted octanol–water partition coefficient (Wildman–Crippen LogP) is 1.78. The molecule has 2 rings (SSSR count). The van der Waals surface area contributed by atoms with Gasteiger partial charge in [-0.1, -0.05) is 30.3 Å². The minimum atomic E-state index is -3.75. The molecule has 0 spiro atoms. The number of amides is 1. The van der Waals surface area contributed by atoms with Crippen LogP contribution >= 0.6 is 0 Å². The van der Waals surface area contributed by atoms with E-state index in [-0.39, 0.29) is 17.0 Å². The quantitative estimate of drug-likeness (QED) is 0.499. The summed E-state index contributed by atoms with van der Waals surface area (Å²) in [5.41, 5.74) is 1.03. The predicted molar refractivity (Wildman–Crippen MR) is 106 cm³/mol. The maximum Gasteiger partial charge on any atom is 0.331 e. The van der Waals surface area contributed by atoms with Crippen molar-refractivity contribution < 1.29 is 27.1 Å². The third kappa shape index (κ3) is 7.13. The van der Waals surface area contributed by atoms with Crippen molar-refractivity contribution in [3.05, 3.63) is 71.6 Å². The second-order valence-corrected chi connectivity index (χ2v) is 7.73. The largest absolute Gasteiger partial charge is 0.449 e. The lowest BCUT2D eigenvalue weighted by Gasteiger charge is -2.12. The first-order chi connectivity index (χ1) is 13.7. The average Bonchev–Trinajstić information content (AvgIpc) is 2.67. The molecule has 0 saturated heterocycles. The Morgan fingerprint density at radius 2 is 1.83 bits per heavy atom. The molecule has 0 heterocycles. The zero-order valence-corrected chi connectivity index (χ0v) is 16.5. The Hall–Kier alpha value is -3.04. The summed E-state index contributed by atoms with van der Waals surface area (Å²) in [5, 5.41) is 7.65. The van der Waals surface area contributed by atoms with Crippen LogP contribution in [-0.4, -0.2) is 32.9 Å². The van der Waals surface area contributed by atoms with E-state index in [4.69, 9.17) is 9.88 Å². The molecular weight excluding hydrogens is 399 g/mol. The van der Waals surface area contributed by atoms with Crippen molar-refractivity contribution in [1.82, 2.24) is 5.32 Å². The summed E-state index contributed by atoms with van der Waals surface area (Å²) in [6, 6.07) is 11.9. The van der Waals surface area contributed by atoms with E-state index in [0.29, 0.717) is 6.42 Å². The zero-order valence-electron chi connectivity index (χ0n) is 15.7. The number of carbonyl (C=O) groups is 2. The lowest BCUT2D eigenvalue weighted by Crippen LogP contribution is -2.36. The minimum Gasteiger partial charge on any atom is -0.449 e. The molecule has 1 amide bonds. The normalized spacial score (nSPS) is 12.5. The highest BCUT2D eigenvalue weighted by atomic mass is 32.2. The number of rotatable bonds is 8. The van der Waals surface area contributed by atoms with E-state index in [1.807, 2.05) is 0 Å². The molecule has 9 heteroatoms. The highest BCUT2D eigenvalue weighted by molar-refractivity contribution is 7.89.